The van der Waals surface area contributed by atoms with Gasteiger partial charge in [-0.3, -0.25) is 0 Å². The van der Waals surface area contributed by atoms with Gasteiger partial charge in [0.05, 0.1) is 12.7 Å². The summed E-state index contributed by atoms with van der Waals surface area (Å²) >= 11 is 0. The van der Waals surface area contributed by atoms with Crippen LogP contribution in [0.25, 0.3) is 0 Å². The topological polar surface area (TPSA) is 71.7 Å². The molecule has 0 aromatic rings. The molecule has 6 heteroatoms. The Hall–Kier alpha value is 0.0169. The molecule has 0 aromatic carbocycles. The van der Waals surface area contributed by atoms with E-state index in [0.717, 1.165) is 31.9 Å². The molecule has 2 rings (SSSR count). The van der Waals surface area contributed by atoms with E-state index < -0.39 is 8.56 Å². The molecule has 120 valence electrons. The zero-order valence-corrected chi connectivity index (χ0v) is 14.2. The lowest BCUT2D eigenvalue weighted by molar-refractivity contribution is -0.0577. The Morgan fingerprint density at radius 3 is 2.35 bits per heavy atom. The Balaban J connectivity index is 0.00000200. The fourth-order valence-electron chi connectivity index (χ4n) is 3.99. The van der Waals surface area contributed by atoms with Crippen molar-refractivity contribution in [2.75, 3.05) is 27.9 Å². The van der Waals surface area contributed by atoms with E-state index in [2.05, 4.69) is 6.92 Å². The van der Waals surface area contributed by atoms with Crippen LogP contribution in [0.4, 0.5) is 0 Å². The highest BCUT2D eigenvalue weighted by atomic mass is 28.4. The van der Waals surface area contributed by atoms with Gasteiger partial charge in [0.1, 0.15) is 5.22 Å². The van der Waals surface area contributed by atoms with Crippen LogP contribution in [-0.4, -0.2) is 53.3 Å². The van der Waals surface area contributed by atoms with Crippen LogP contribution >= 0.6 is 0 Å². The molecule has 3 unspecified atom stereocenters. The second kappa shape index (κ2) is 7.33. The SMILES string of the molecule is CCCC1(OC)C(CC2CO2)CCC[Si]1(OC)OC.O. The maximum Gasteiger partial charge on any atom is 0.371 e. The van der Waals surface area contributed by atoms with Crippen molar-refractivity contribution in [1.29, 1.82) is 0 Å². The molecule has 0 radical (unpaired) electrons. The minimum Gasteiger partial charge on any atom is -0.412 e. The maximum absolute atomic E-state index is 6.11. The Morgan fingerprint density at radius 1 is 1.25 bits per heavy atom. The quantitative estimate of drug-likeness (QED) is 0.531. The second-order valence-electron chi connectivity index (χ2n) is 5.78. The van der Waals surface area contributed by atoms with Gasteiger partial charge in [-0.2, -0.15) is 0 Å². The summed E-state index contributed by atoms with van der Waals surface area (Å²) in [5.41, 5.74) is 0. The summed E-state index contributed by atoms with van der Waals surface area (Å²) in [7, 11) is 3.13. The molecule has 3 atom stereocenters. The number of methoxy groups -OCH3 is 1. The van der Waals surface area contributed by atoms with Crippen molar-refractivity contribution in [2.24, 2.45) is 5.92 Å². The van der Waals surface area contributed by atoms with Gasteiger partial charge in [0.15, 0.2) is 0 Å². The van der Waals surface area contributed by atoms with Crippen LogP contribution in [-0.2, 0) is 18.3 Å². The summed E-state index contributed by atoms with van der Waals surface area (Å²) in [4.78, 5) is 0. The van der Waals surface area contributed by atoms with Crippen LogP contribution in [0.15, 0.2) is 0 Å². The van der Waals surface area contributed by atoms with E-state index in [1.165, 1.54) is 12.8 Å². The van der Waals surface area contributed by atoms with Gasteiger partial charge in [0.25, 0.3) is 0 Å². The first-order chi connectivity index (χ1) is 9.18. The summed E-state index contributed by atoms with van der Waals surface area (Å²) in [6.45, 7) is 3.13. The fraction of sp³-hybridized carbons (Fsp3) is 1.00. The van der Waals surface area contributed by atoms with E-state index in [1.807, 2.05) is 7.11 Å². The van der Waals surface area contributed by atoms with Crippen molar-refractivity contribution in [3.05, 3.63) is 0 Å². The molecule has 0 aromatic heterocycles. The highest BCUT2D eigenvalue weighted by Crippen LogP contribution is 2.49. The van der Waals surface area contributed by atoms with Gasteiger partial charge < -0.3 is 23.8 Å². The summed E-state index contributed by atoms with van der Waals surface area (Å²) in [5, 5.41) is -0.213. The molecule has 2 N–H and O–H groups in total. The van der Waals surface area contributed by atoms with Crippen LogP contribution in [0.1, 0.15) is 39.0 Å². The third-order valence-corrected chi connectivity index (χ3v) is 9.44. The summed E-state index contributed by atoms with van der Waals surface area (Å²) in [6, 6.07) is 1.04. The van der Waals surface area contributed by atoms with Crippen LogP contribution in [0.2, 0.25) is 6.04 Å². The first kappa shape index (κ1) is 18.1. The van der Waals surface area contributed by atoms with Crippen molar-refractivity contribution in [3.63, 3.8) is 0 Å². The van der Waals surface area contributed by atoms with Crippen molar-refractivity contribution in [1.82, 2.24) is 0 Å². The molecule has 5 nitrogen and oxygen atoms in total. The fourth-order valence-corrected chi connectivity index (χ4v) is 8.17. The van der Waals surface area contributed by atoms with Gasteiger partial charge in [-0.1, -0.05) is 19.8 Å². The van der Waals surface area contributed by atoms with Crippen LogP contribution < -0.4 is 0 Å². The molecule has 0 bridgehead atoms. The Labute approximate surface area is 123 Å². The largest absolute Gasteiger partial charge is 0.412 e. The number of rotatable bonds is 7. The van der Waals surface area contributed by atoms with E-state index in [1.54, 1.807) is 14.2 Å². The van der Waals surface area contributed by atoms with Crippen molar-refractivity contribution >= 4 is 8.56 Å². The molecule has 0 saturated carbocycles. The second-order valence-corrected chi connectivity index (χ2v) is 9.45. The molecular weight excluding hydrogens is 276 g/mol. The maximum atomic E-state index is 6.11. The Kier molecular flexibility index (Phi) is 6.62. The zero-order valence-electron chi connectivity index (χ0n) is 13.2. The van der Waals surface area contributed by atoms with Crippen molar-refractivity contribution < 1.29 is 23.8 Å². The van der Waals surface area contributed by atoms with Crippen molar-refractivity contribution in [3.8, 4) is 0 Å². The summed E-state index contributed by atoms with van der Waals surface area (Å²) in [5.74, 6) is 0.505. The Morgan fingerprint density at radius 2 is 1.90 bits per heavy atom. The zero-order chi connectivity index (χ0) is 13.9. The smallest absolute Gasteiger partial charge is 0.371 e. The predicted octanol–water partition coefficient (Wildman–Crippen LogP) is 1.82. The van der Waals surface area contributed by atoms with E-state index in [4.69, 9.17) is 18.3 Å². The normalized spacial score (nSPS) is 35.4. The van der Waals surface area contributed by atoms with Crippen molar-refractivity contribution in [2.45, 2.75) is 56.4 Å². The Bertz CT molecular complexity index is 293. The molecule has 2 saturated heterocycles. The average molecular weight is 306 g/mol. The molecule has 0 aliphatic carbocycles. The van der Waals surface area contributed by atoms with Gasteiger partial charge in [-0.05, 0) is 31.2 Å². The third-order valence-electron chi connectivity index (χ3n) is 4.96. The van der Waals surface area contributed by atoms with Gasteiger partial charge in [-0.15, -0.1) is 0 Å². The molecule has 2 fully saturated rings. The highest BCUT2D eigenvalue weighted by molar-refractivity contribution is 6.70. The molecule has 0 amide bonds. The molecule has 20 heavy (non-hydrogen) atoms. The minimum atomic E-state index is -2.31. The standard InChI is InChI=1S/C14H28O4Si.H2O/c1-5-8-14(15-2)12(10-13-11-18-13)7-6-9-19(14,16-3)17-4;/h12-13H,5-11H2,1-4H3;1H2. The van der Waals surface area contributed by atoms with E-state index in [9.17, 15) is 0 Å². The minimum absolute atomic E-state index is 0. The van der Waals surface area contributed by atoms with Gasteiger partial charge in [0.2, 0.25) is 0 Å². The number of epoxide rings is 1. The number of hydrogen-bond donors (Lipinski definition) is 0. The van der Waals surface area contributed by atoms with Gasteiger partial charge in [-0.25, -0.2) is 0 Å². The van der Waals surface area contributed by atoms with E-state index in [-0.39, 0.29) is 10.7 Å². The summed E-state index contributed by atoms with van der Waals surface area (Å²) in [6.07, 6.45) is 6.03. The lowest BCUT2D eigenvalue weighted by atomic mass is 9.88. The first-order valence-corrected chi connectivity index (χ1v) is 9.47. The average Bonchev–Trinajstić information content (AvgIpc) is 3.25. The van der Waals surface area contributed by atoms with E-state index >= 15 is 0 Å². The van der Waals surface area contributed by atoms with Crippen LogP contribution in [0, 0.1) is 5.92 Å². The van der Waals surface area contributed by atoms with Gasteiger partial charge in [0, 0.05) is 21.3 Å². The lowest BCUT2D eigenvalue weighted by Gasteiger charge is -2.52. The first-order valence-electron chi connectivity index (χ1n) is 7.45. The monoisotopic (exact) mass is 306 g/mol. The molecule has 2 aliphatic rings. The predicted molar refractivity (Wildman–Crippen MR) is 79.9 cm³/mol. The van der Waals surface area contributed by atoms with E-state index in [0.29, 0.717) is 12.0 Å². The number of ether oxygens (including phenoxy) is 2. The highest BCUT2D eigenvalue weighted by Gasteiger charge is 2.63. The molecule has 2 aliphatic heterocycles. The molecule has 0 spiro atoms. The van der Waals surface area contributed by atoms with Crippen LogP contribution in [0.3, 0.4) is 0 Å². The third kappa shape index (κ3) is 2.96. The lowest BCUT2D eigenvalue weighted by Crippen LogP contribution is -2.68. The molecule has 2 heterocycles. The number of hydrogen-bond acceptors (Lipinski definition) is 4. The molecular formula is C14H30O5Si. The van der Waals surface area contributed by atoms with Gasteiger partial charge >= 0.3 is 8.56 Å². The summed E-state index contributed by atoms with van der Waals surface area (Å²) < 4.78 is 23.5. The van der Waals surface area contributed by atoms with Crippen LogP contribution in [0.5, 0.6) is 0 Å².